The normalized spacial score (nSPS) is 8.00. The van der Waals surface area contributed by atoms with E-state index < -0.39 is 0 Å². The van der Waals surface area contributed by atoms with E-state index in [4.69, 9.17) is 10.2 Å². The van der Waals surface area contributed by atoms with Crippen molar-refractivity contribution < 1.29 is 61.2 Å². The molecule has 5 heteroatoms. The summed E-state index contributed by atoms with van der Waals surface area (Å²) in [5, 5.41) is 18.0. The molecule has 0 fully saturated rings. The number of rotatable bonds is 4. The van der Waals surface area contributed by atoms with E-state index in [9.17, 15) is 0 Å². The smallest absolute Gasteiger partial charge is 1.00 e. The van der Waals surface area contributed by atoms with E-state index in [2.05, 4.69) is 13.2 Å². The summed E-state index contributed by atoms with van der Waals surface area (Å²) >= 11 is 0. The first kappa shape index (κ1) is 26.9. The van der Waals surface area contributed by atoms with E-state index in [-0.39, 0.29) is 51.0 Å². The van der Waals surface area contributed by atoms with E-state index >= 15 is 0 Å². The Bertz CT molecular complexity index is 523. The van der Waals surface area contributed by atoms with Crippen molar-refractivity contribution in [2.45, 2.75) is 12.8 Å². The van der Waals surface area contributed by atoms with Crippen molar-refractivity contribution in [3.8, 4) is 11.5 Å². The number of aromatic hydroxyl groups is 2. The fraction of sp³-hybridized carbons (Fsp3) is 0.111. The van der Waals surface area contributed by atoms with E-state index in [1.807, 2.05) is 36.4 Å². The zero-order valence-corrected chi connectivity index (χ0v) is 16.7. The fourth-order valence-electron chi connectivity index (χ4n) is 1.70. The van der Waals surface area contributed by atoms with Crippen LogP contribution in [0.25, 0.3) is 0 Å². The predicted molar refractivity (Wildman–Crippen MR) is 84.0 cm³/mol. The Balaban J connectivity index is -0.000000308. The second kappa shape index (κ2) is 15.9. The van der Waals surface area contributed by atoms with Crippen LogP contribution in [0, 0.1) is 0 Å². The van der Waals surface area contributed by atoms with Crippen LogP contribution in [0.4, 0.5) is 0 Å². The Labute approximate surface area is 169 Å². The summed E-state index contributed by atoms with van der Waals surface area (Å²) in [5.74, 6) is 0.638. The molecule has 0 amide bonds. The van der Waals surface area contributed by atoms with Crippen LogP contribution in [0.5, 0.6) is 11.5 Å². The van der Waals surface area contributed by atoms with Gasteiger partial charge >= 0.3 is 26.2 Å². The molecule has 0 saturated heterocycles. The van der Waals surface area contributed by atoms with Gasteiger partial charge < -0.3 is 35.0 Å². The zero-order chi connectivity index (χ0) is 14.8. The van der Waals surface area contributed by atoms with Crippen molar-refractivity contribution >= 4 is 0 Å². The summed E-state index contributed by atoms with van der Waals surface area (Å²) in [5.41, 5.74) is 2.19. The predicted octanol–water partition coefficient (Wildman–Crippen LogP) is -1.75. The minimum Gasteiger partial charge on any atom is -1.00 e. The molecule has 0 spiro atoms. The van der Waals surface area contributed by atoms with Gasteiger partial charge in [-0.05, 0) is 48.2 Å². The van der Waals surface area contributed by atoms with Crippen LogP contribution >= 0.6 is 0 Å². The van der Waals surface area contributed by atoms with Gasteiger partial charge in [0.15, 0.2) is 0 Å². The van der Waals surface area contributed by atoms with E-state index in [1.165, 1.54) is 0 Å². The third-order valence-electron chi connectivity index (χ3n) is 2.58. The quantitative estimate of drug-likeness (QED) is 0.565. The number of phenolic OH excluding ortho intramolecular Hbond substituents is 2. The van der Waals surface area contributed by atoms with Crippen LogP contribution < -0.4 is 24.8 Å². The van der Waals surface area contributed by atoms with Crippen LogP contribution in [0.3, 0.4) is 0 Å². The molecule has 0 saturated carbocycles. The van der Waals surface area contributed by atoms with Gasteiger partial charge in [0.25, 0.3) is 0 Å². The zero-order valence-electron chi connectivity index (χ0n) is 12.8. The molecular formula is C18H20Cl2O2Zr. The summed E-state index contributed by atoms with van der Waals surface area (Å²) in [6, 6.07) is 14.4. The average Bonchev–Trinajstić information content (AvgIpc) is 2.40. The van der Waals surface area contributed by atoms with Crippen molar-refractivity contribution in [2.24, 2.45) is 0 Å². The molecule has 0 heterocycles. The van der Waals surface area contributed by atoms with Crippen molar-refractivity contribution in [1.82, 2.24) is 0 Å². The van der Waals surface area contributed by atoms with Gasteiger partial charge in [-0.1, -0.05) is 36.4 Å². The largest absolute Gasteiger partial charge is 2.00 e. The standard InChI is InChI=1S/2C9H10O.2ClH.Zr/c2*1-2-4-8-5-3-6-9(10)7-8;;;/h2*2-3,5-7,10H,1,4H2;2*1H;/q;;;;+2/p-2. The molecule has 2 nitrogen and oxygen atoms in total. The van der Waals surface area contributed by atoms with E-state index in [0.29, 0.717) is 11.5 Å². The molecule has 0 radical (unpaired) electrons. The second-order valence-corrected chi connectivity index (χ2v) is 4.33. The molecule has 2 N–H and O–H groups in total. The van der Waals surface area contributed by atoms with Gasteiger partial charge in [0.2, 0.25) is 0 Å². The molecule has 2 aromatic rings. The van der Waals surface area contributed by atoms with Crippen LogP contribution in [-0.2, 0) is 39.0 Å². The van der Waals surface area contributed by atoms with Crippen molar-refractivity contribution in [1.29, 1.82) is 0 Å². The molecule has 122 valence electrons. The van der Waals surface area contributed by atoms with Crippen LogP contribution in [-0.4, -0.2) is 10.2 Å². The molecule has 0 atom stereocenters. The summed E-state index contributed by atoms with van der Waals surface area (Å²) in [6.07, 6.45) is 5.26. The number of hydrogen-bond donors (Lipinski definition) is 2. The molecule has 0 aliphatic rings. The number of halogens is 2. The Kier molecular flexibility index (Phi) is 18.5. The number of phenols is 2. The molecular weight excluding hydrogens is 410 g/mol. The fourth-order valence-corrected chi connectivity index (χ4v) is 1.70. The second-order valence-electron chi connectivity index (χ2n) is 4.33. The molecule has 0 aliphatic carbocycles. The molecule has 0 unspecified atom stereocenters. The van der Waals surface area contributed by atoms with Crippen LogP contribution in [0.2, 0.25) is 0 Å². The molecule has 0 aromatic heterocycles. The molecule has 2 rings (SSSR count). The Morgan fingerprint density at radius 3 is 1.35 bits per heavy atom. The summed E-state index contributed by atoms with van der Waals surface area (Å²) in [7, 11) is 0. The van der Waals surface area contributed by atoms with Crippen molar-refractivity contribution in [3.63, 3.8) is 0 Å². The molecule has 0 bridgehead atoms. The summed E-state index contributed by atoms with van der Waals surface area (Å²) in [4.78, 5) is 0. The van der Waals surface area contributed by atoms with Gasteiger partial charge in [-0.2, -0.15) is 0 Å². The van der Waals surface area contributed by atoms with Gasteiger partial charge in [-0.3, -0.25) is 0 Å². The summed E-state index contributed by atoms with van der Waals surface area (Å²) in [6.45, 7) is 7.21. The van der Waals surface area contributed by atoms with E-state index in [0.717, 1.165) is 24.0 Å². The van der Waals surface area contributed by atoms with Gasteiger partial charge in [-0.25, -0.2) is 0 Å². The number of allylic oxidation sites excluding steroid dienone is 2. The number of benzene rings is 2. The van der Waals surface area contributed by atoms with Crippen molar-refractivity contribution in [3.05, 3.63) is 85.0 Å². The molecule has 23 heavy (non-hydrogen) atoms. The van der Waals surface area contributed by atoms with E-state index in [1.54, 1.807) is 24.3 Å². The third kappa shape index (κ3) is 12.1. The van der Waals surface area contributed by atoms with Gasteiger partial charge in [-0.15, -0.1) is 13.2 Å². The maximum absolute atomic E-state index is 9.01. The first-order valence-corrected chi connectivity index (χ1v) is 6.43. The Morgan fingerprint density at radius 2 is 1.09 bits per heavy atom. The average molecular weight is 430 g/mol. The van der Waals surface area contributed by atoms with Crippen LogP contribution in [0.1, 0.15) is 11.1 Å². The molecule has 2 aromatic carbocycles. The summed E-state index contributed by atoms with van der Waals surface area (Å²) < 4.78 is 0. The Hall–Kier alpha value is -1.02. The minimum atomic E-state index is 0. The van der Waals surface area contributed by atoms with Gasteiger partial charge in [0.05, 0.1) is 0 Å². The van der Waals surface area contributed by atoms with Crippen LogP contribution in [0.15, 0.2) is 73.8 Å². The van der Waals surface area contributed by atoms with Gasteiger partial charge in [0.1, 0.15) is 11.5 Å². The third-order valence-corrected chi connectivity index (χ3v) is 2.58. The first-order chi connectivity index (χ1) is 9.65. The number of hydrogen-bond acceptors (Lipinski definition) is 2. The Morgan fingerprint density at radius 1 is 0.739 bits per heavy atom. The minimum absolute atomic E-state index is 0. The van der Waals surface area contributed by atoms with Gasteiger partial charge in [0, 0.05) is 0 Å². The molecule has 0 aliphatic heterocycles. The maximum Gasteiger partial charge on any atom is 2.00 e. The monoisotopic (exact) mass is 428 g/mol. The SMILES string of the molecule is C=CCc1cccc(O)c1.C=CCc1cccc(O)c1.[Cl-].[Cl-].[Zr+2]. The first-order valence-electron chi connectivity index (χ1n) is 6.43. The topological polar surface area (TPSA) is 40.5 Å². The maximum atomic E-state index is 9.01. The van der Waals surface area contributed by atoms with Crippen molar-refractivity contribution in [2.75, 3.05) is 0 Å².